The highest BCUT2D eigenvalue weighted by atomic mass is 16.5. The van der Waals surface area contributed by atoms with E-state index < -0.39 is 0 Å². The van der Waals surface area contributed by atoms with Crippen LogP contribution < -0.4 is 20.1 Å². The third-order valence-corrected chi connectivity index (χ3v) is 5.12. The van der Waals surface area contributed by atoms with Crippen LogP contribution in [0.2, 0.25) is 0 Å². The van der Waals surface area contributed by atoms with Crippen LogP contribution in [0.3, 0.4) is 0 Å². The first-order valence-electron chi connectivity index (χ1n) is 9.13. The van der Waals surface area contributed by atoms with E-state index in [4.69, 9.17) is 9.47 Å². The lowest BCUT2D eigenvalue weighted by atomic mass is 9.99. The molecule has 0 aromatic heterocycles. The molecule has 2 atom stereocenters. The number of carbonyl (C=O) groups excluding carboxylic acids is 2. The molecule has 2 N–H and O–H groups in total. The summed E-state index contributed by atoms with van der Waals surface area (Å²) >= 11 is 0. The molecule has 2 aliphatic heterocycles. The Hall–Kier alpha value is -2.28. The van der Waals surface area contributed by atoms with E-state index in [1.807, 2.05) is 0 Å². The maximum Gasteiger partial charge on any atom is 0.225 e. The maximum absolute atomic E-state index is 12.4. The molecule has 0 unspecified atom stereocenters. The van der Waals surface area contributed by atoms with Crippen molar-refractivity contribution in [3.8, 4) is 11.5 Å². The SMILES string of the molecule is COc1ccc(NC(=O)CCN2C[C@H]3CCC[C@@H](C2)C(=O)N3)c(OC)c1. The van der Waals surface area contributed by atoms with Crippen molar-refractivity contribution in [1.29, 1.82) is 0 Å². The van der Waals surface area contributed by atoms with Crippen molar-refractivity contribution in [2.75, 3.05) is 39.2 Å². The second kappa shape index (κ2) is 8.40. The highest BCUT2D eigenvalue weighted by molar-refractivity contribution is 5.92. The van der Waals surface area contributed by atoms with E-state index in [0.717, 1.165) is 32.4 Å². The van der Waals surface area contributed by atoms with E-state index in [1.165, 1.54) is 0 Å². The molecule has 3 rings (SSSR count). The second-order valence-corrected chi connectivity index (χ2v) is 6.96. The molecule has 2 aliphatic rings. The van der Waals surface area contributed by atoms with Gasteiger partial charge in [-0.15, -0.1) is 0 Å². The summed E-state index contributed by atoms with van der Waals surface area (Å²) in [6.07, 6.45) is 3.44. The van der Waals surface area contributed by atoms with E-state index in [9.17, 15) is 9.59 Å². The minimum absolute atomic E-state index is 0.0484. The minimum Gasteiger partial charge on any atom is -0.497 e. The molecule has 142 valence electrons. The number of hydrogen-bond acceptors (Lipinski definition) is 5. The number of carbonyl (C=O) groups is 2. The van der Waals surface area contributed by atoms with Gasteiger partial charge in [0.2, 0.25) is 11.8 Å². The Bertz CT molecular complexity index is 664. The molecule has 0 spiro atoms. The Balaban J connectivity index is 1.55. The first kappa shape index (κ1) is 18.5. The van der Waals surface area contributed by atoms with Crippen molar-refractivity contribution < 1.29 is 19.1 Å². The molecule has 26 heavy (non-hydrogen) atoms. The van der Waals surface area contributed by atoms with E-state index in [2.05, 4.69) is 15.5 Å². The van der Waals surface area contributed by atoms with Crippen molar-refractivity contribution in [2.45, 2.75) is 31.7 Å². The summed E-state index contributed by atoms with van der Waals surface area (Å²) in [5, 5.41) is 6.01. The van der Waals surface area contributed by atoms with Gasteiger partial charge in [-0.2, -0.15) is 0 Å². The predicted molar refractivity (Wildman–Crippen MR) is 98.5 cm³/mol. The van der Waals surface area contributed by atoms with Crippen LogP contribution in [0, 0.1) is 5.92 Å². The number of methoxy groups -OCH3 is 2. The molecular formula is C19H27N3O4. The lowest BCUT2D eigenvalue weighted by molar-refractivity contribution is -0.124. The Morgan fingerprint density at radius 3 is 2.88 bits per heavy atom. The predicted octanol–water partition coefficient (Wildman–Crippen LogP) is 1.63. The van der Waals surface area contributed by atoms with Gasteiger partial charge in [0, 0.05) is 38.2 Å². The van der Waals surface area contributed by atoms with Gasteiger partial charge < -0.3 is 20.1 Å². The Kier molecular flexibility index (Phi) is 5.98. The van der Waals surface area contributed by atoms with Crippen LogP contribution in [0.4, 0.5) is 5.69 Å². The van der Waals surface area contributed by atoms with Gasteiger partial charge in [0.05, 0.1) is 25.8 Å². The third kappa shape index (κ3) is 4.46. The van der Waals surface area contributed by atoms with Gasteiger partial charge >= 0.3 is 0 Å². The van der Waals surface area contributed by atoms with E-state index >= 15 is 0 Å². The monoisotopic (exact) mass is 361 g/mol. The number of benzene rings is 1. The zero-order valence-corrected chi connectivity index (χ0v) is 15.4. The molecular weight excluding hydrogens is 334 g/mol. The fraction of sp³-hybridized carbons (Fsp3) is 0.579. The minimum atomic E-state index is -0.0674. The molecule has 2 fully saturated rings. The topological polar surface area (TPSA) is 79.9 Å². The number of anilines is 1. The zero-order chi connectivity index (χ0) is 18.5. The molecule has 7 nitrogen and oxygen atoms in total. The van der Waals surface area contributed by atoms with Crippen LogP contribution in [-0.2, 0) is 9.59 Å². The number of amides is 2. The molecule has 1 aromatic carbocycles. The second-order valence-electron chi connectivity index (χ2n) is 6.96. The maximum atomic E-state index is 12.4. The van der Waals surface area contributed by atoms with Crippen LogP contribution >= 0.6 is 0 Å². The quantitative estimate of drug-likeness (QED) is 0.805. The van der Waals surface area contributed by atoms with Crippen LogP contribution in [0.15, 0.2) is 18.2 Å². The van der Waals surface area contributed by atoms with E-state index in [0.29, 0.717) is 30.2 Å². The van der Waals surface area contributed by atoms with Gasteiger partial charge in [-0.3, -0.25) is 14.5 Å². The standard InChI is InChI=1S/C19H27N3O4/c1-25-15-6-7-16(17(10-15)26-2)21-18(23)8-9-22-11-13-4-3-5-14(12-22)20-19(13)24/h6-7,10,13-14H,3-5,8-9,11-12H2,1-2H3,(H,20,24)(H,21,23)/t13-,14+/m0/s1. The summed E-state index contributed by atoms with van der Waals surface area (Å²) in [6.45, 7) is 2.20. The van der Waals surface area contributed by atoms with Crippen molar-refractivity contribution in [3.05, 3.63) is 18.2 Å². The molecule has 0 aliphatic carbocycles. The van der Waals surface area contributed by atoms with Crippen LogP contribution in [0.1, 0.15) is 25.7 Å². The van der Waals surface area contributed by atoms with Gasteiger partial charge in [-0.25, -0.2) is 0 Å². The molecule has 2 amide bonds. The fourth-order valence-electron chi connectivity index (χ4n) is 3.70. The number of fused-ring (bicyclic) bond motifs is 3. The van der Waals surface area contributed by atoms with Crippen LogP contribution in [-0.4, -0.2) is 56.6 Å². The number of nitrogens with one attached hydrogen (secondary N) is 2. The van der Waals surface area contributed by atoms with Crippen LogP contribution in [0.5, 0.6) is 11.5 Å². The Morgan fingerprint density at radius 1 is 1.27 bits per heavy atom. The molecule has 2 heterocycles. The third-order valence-electron chi connectivity index (χ3n) is 5.12. The molecule has 2 bridgehead atoms. The number of ether oxygens (including phenoxy) is 2. The number of rotatable bonds is 6. The van der Waals surface area contributed by atoms with Gasteiger partial charge in [0.25, 0.3) is 0 Å². The lowest BCUT2D eigenvalue weighted by Crippen LogP contribution is -2.39. The van der Waals surface area contributed by atoms with Crippen molar-refractivity contribution in [1.82, 2.24) is 10.2 Å². The summed E-state index contributed by atoms with van der Waals surface area (Å²) in [5.41, 5.74) is 0.628. The van der Waals surface area contributed by atoms with Crippen molar-refractivity contribution in [3.63, 3.8) is 0 Å². The normalized spacial score (nSPS) is 22.9. The Morgan fingerprint density at radius 2 is 2.12 bits per heavy atom. The highest BCUT2D eigenvalue weighted by Crippen LogP contribution is 2.29. The molecule has 0 radical (unpaired) electrons. The average Bonchev–Trinajstić information content (AvgIpc) is 2.88. The molecule has 7 heteroatoms. The zero-order valence-electron chi connectivity index (χ0n) is 15.4. The fourth-order valence-corrected chi connectivity index (χ4v) is 3.70. The lowest BCUT2D eigenvalue weighted by Gasteiger charge is -2.27. The average molecular weight is 361 g/mol. The number of nitrogens with zero attached hydrogens (tertiary/aromatic N) is 1. The number of hydrogen-bond donors (Lipinski definition) is 2. The Labute approximate surface area is 154 Å². The van der Waals surface area contributed by atoms with Crippen molar-refractivity contribution in [2.24, 2.45) is 5.92 Å². The van der Waals surface area contributed by atoms with Gasteiger partial charge in [-0.1, -0.05) is 6.42 Å². The van der Waals surface area contributed by atoms with E-state index in [-0.39, 0.29) is 23.8 Å². The summed E-state index contributed by atoms with van der Waals surface area (Å²) < 4.78 is 10.5. The van der Waals surface area contributed by atoms with Crippen molar-refractivity contribution >= 4 is 17.5 Å². The summed E-state index contributed by atoms with van der Waals surface area (Å²) in [6, 6.07) is 5.50. The first-order chi connectivity index (χ1) is 12.6. The molecule has 2 saturated heterocycles. The van der Waals surface area contributed by atoms with Crippen LogP contribution in [0.25, 0.3) is 0 Å². The highest BCUT2D eigenvalue weighted by Gasteiger charge is 2.32. The van der Waals surface area contributed by atoms with E-state index in [1.54, 1.807) is 32.4 Å². The van der Waals surface area contributed by atoms with Gasteiger partial charge in [0.15, 0.2) is 0 Å². The largest absolute Gasteiger partial charge is 0.497 e. The summed E-state index contributed by atoms with van der Waals surface area (Å²) in [4.78, 5) is 26.7. The van der Waals surface area contributed by atoms with Gasteiger partial charge in [0.1, 0.15) is 11.5 Å². The van der Waals surface area contributed by atoms with Gasteiger partial charge in [-0.05, 0) is 25.0 Å². The first-order valence-corrected chi connectivity index (χ1v) is 9.13. The molecule has 0 saturated carbocycles. The molecule has 1 aromatic rings. The smallest absolute Gasteiger partial charge is 0.225 e. The number of likely N-dealkylation sites (tertiary alicyclic amines) is 1. The summed E-state index contributed by atoms with van der Waals surface area (Å²) in [5.74, 6) is 1.39. The summed E-state index contributed by atoms with van der Waals surface area (Å²) in [7, 11) is 3.15.